The van der Waals surface area contributed by atoms with Gasteiger partial charge in [-0.05, 0) is 35.4 Å². The van der Waals surface area contributed by atoms with Crippen LogP contribution < -0.4 is 5.32 Å². The number of nitrogens with one attached hydrogen (secondary N) is 1. The van der Waals surface area contributed by atoms with E-state index in [4.69, 9.17) is 0 Å². The predicted octanol–water partition coefficient (Wildman–Crippen LogP) is 3.35. The lowest BCUT2D eigenvalue weighted by molar-refractivity contribution is 0.102. The van der Waals surface area contributed by atoms with Crippen molar-refractivity contribution in [1.29, 1.82) is 0 Å². The van der Waals surface area contributed by atoms with E-state index in [9.17, 15) is 9.90 Å². The molecule has 6 nitrogen and oxygen atoms in total. The van der Waals surface area contributed by atoms with E-state index in [0.29, 0.717) is 16.9 Å². The molecule has 0 aliphatic carbocycles. The van der Waals surface area contributed by atoms with E-state index in [1.54, 1.807) is 41.2 Å². The number of fused-ring (bicyclic) bond motifs is 1. The minimum Gasteiger partial charge on any atom is -0.508 e. The van der Waals surface area contributed by atoms with Crippen molar-refractivity contribution < 1.29 is 9.90 Å². The first-order chi connectivity index (χ1) is 12.2. The van der Waals surface area contributed by atoms with Crippen LogP contribution in [0.2, 0.25) is 0 Å². The van der Waals surface area contributed by atoms with E-state index >= 15 is 0 Å². The van der Waals surface area contributed by atoms with Crippen molar-refractivity contribution in [2.45, 2.75) is 0 Å². The van der Waals surface area contributed by atoms with Crippen molar-refractivity contribution in [3.8, 4) is 16.9 Å². The number of rotatable bonds is 3. The van der Waals surface area contributed by atoms with Crippen LogP contribution in [-0.4, -0.2) is 25.6 Å². The summed E-state index contributed by atoms with van der Waals surface area (Å²) in [4.78, 5) is 16.5. The molecule has 0 aliphatic rings. The van der Waals surface area contributed by atoms with Gasteiger partial charge in [-0.2, -0.15) is 5.10 Å². The van der Waals surface area contributed by atoms with Crippen LogP contribution in [0.15, 0.2) is 73.2 Å². The van der Waals surface area contributed by atoms with E-state index < -0.39 is 0 Å². The lowest BCUT2D eigenvalue weighted by atomic mass is 10.1. The molecule has 0 bridgehead atoms. The number of phenolic OH excluding ortho intramolecular Hbond substituents is 1. The molecule has 2 N–H and O–H groups in total. The maximum absolute atomic E-state index is 12.4. The van der Waals surface area contributed by atoms with Crippen LogP contribution in [0.5, 0.6) is 5.75 Å². The third-order valence-electron chi connectivity index (χ3n) is 3.83. The zero-order valence-corrected chi connectivity index (χ0v) is 13.1. The highest BCUT2D eigenvalue weighted by Gasteiger charge is 2.08. The number of amides is 1. The summed E-state index contributed by atoms with van der Waals surface area (Å²) >= 11 is 0. The van der Waals surface area contributed by atoms with Crippen molar-refractivity contribution in [2.75, 3.05) is 5.32 Å². The van der Waals surface area contributed by atoms with Crippen molar-refractivity contribution in [3.63, 3.8) is 0 Å². The van der Waals surface area contributed by atoms with E-state index in [-0.39, 0.29) is 11.7 Å². The van der Waals surface area contributed by atoms with E-state index in [1.165, 1.54) is 6.20 Å². The molecule has 0 fully saturated rings. The molecule has 122 valence electrons. The second kappa shape index (κ2) is 6.09. The van der Waals surface area contributed by atoms with Gasteiger partial charge >= 0.3 is 0 Å². The van der Waals surface area contributed by atoms with Gasteiger partial charge in [0.25, 0.3) is 5.91 Å². The van der Waals surface area contributed by atoms with Gasteiger partial charge in [-0.1, -0.05) is 24.3 Å². The van der Waals surface area contributed by atoms with Gasteiger partial charge in [-0.15, -0.1) is 0 Å². The number of nitrogens with zero attached hydrogens (tertiary/aromatic N) is 3. The summed E-state index contributed by atoms with van der Waals surface area (Å²) in [6, 6.07) is 16.2. The normalized spacial score (nSPS) is 10.7. The Bertz CT molecular complexity index is 1050. The largest absolute Gasteiger partial charge is 0.508 e. The second-order valence-electron chi connectivity index (χ2n) is 5.56. The van der Waals surface area contributed by atoms with Gasteiger partial charge in [0.2, 0.25) is 0 Å². The maximum Gasteiger partial charge on any atom is 0.258 e. The SMILES string of the molecule is O=C(Nc1ccc(-c2cccc(O)c2)cc1)c1cnc2ccnn2c1. The van der Waals surface area contributed by atoms with Gasteiger partial charge in [-0.25, -0.2) is 9.50 Å². The molecule has 0 saturated heterocycles. The highest BCUT2D eigenvalue weighted by Crippen LogP contribution is 2.24. The molecule has 6 heteroatoms. The molecular formula is C19H14N4O2. The summed E-state index contributed by atoms with van der Waals surface area (Å²) in [7, 11) is 0. The van der Waals surface area contributed by atoms with E-state index in [1.807, 2.05) is 30.3 Å². The van der Waals surface area contributed by atoms with Gasteiger partial charge in [0.1, 0.15) is 5.75 Å². The quantitative estimate of drug-likeness (QED) is 0.604. The highest BCUT2D eigenvalue weighted by molar-refractivity contribution is 6.04. The fraction of sp³-hybridized carbons (Fsp3) is 0. The van der Waals surface area contributed by atoms with Gasteiger partial charge < -0.3 is 10.4 Å². The number of carbonyl (C=O) groups is 1. The lowest BCUT2D eigenvalue weighted by Crippen LogP contribution is -2.13. The molecule has 0 unspecified atom stereocenters. The minimum atomic E-state index is -0.255. The summed E-state index contributed by atoms with van der Waals surface area (Å²) in [5.74, 6) is -0.0357. The average molecular weight is 330 g/mol. The Morgan fingerprint density at radius 2 is 1.88 bits per heavy atom. The standard InChI is InChI=1S/C19H14N4O2/c24-17-3-1-2-14(10-17)13-4-6-16(7-5-13)22-19(25)15-11-20-18-8-9-21-23(18)12-15/h1-12,24H,(H,22,25). The monoisotopic (exact) mass is 330 g/mol. The lowest BCUT2D eigenvalue weighted by Gasteiger charge is -2.07. The minimum absolute atomic E-state index is 0.219. The van der Waals surface area contributed by atoms with Crippen LogP contribution in [0.1, 0.15) is 10.4 Å². The molecule has 2 aromatic heterocycles. The third-order valence-corrected chi connectivity index (χ3v) is 3.83. The summed E-state index contributed by atoms with van der Waals surface area (Å²) in [6.07, 6.45) is 4.79. The van der Waals surface area contributed by atoms with Gasteiger partial charge in [0.05, 0.1) is 11.8 Å². The number of carbonyl (C=O) groups excluding carboxylic acids is 1. The third kappa shape index (κ3) is 3.05. The van der Waals surface area contributed by atoms with Crippen LogP contribution >= 0.6 is 0 Å². The zero-order chi connectivity index (χ0) is 17.2. The molecule has 0 radical (unpaired) electrons. The summed E-state index contributed by atoms with van der Waals surface area (Å²) in [5.41, 5.74) is 3.65. The number of hydrogen-bond donors (Lipinski definition) is 2. The Morgan fingerprint density at radius 1 is 1.04 bits per heavy atom. The number of phenols is 1. The number of aromatic hydroxyl groups is 1. The molecule has 0 saturated carbocycles. The first kappa shape index (κ1) is 14.9. The Hall–Kier alpha value is -3.67. The molecule has 1 amide bonds. The first-order valence-corrected chi connectivity index (χ1v) is 7.69. The van der Waals surface area contributed by atoms with Crippen molar-refractivity contribution >= 4 is 17.2 Å². The first-order valence-electron chi connectivity index (χ1n) is 7.69. The predicted molar refractivity (Wildman–Crippen MR) is 94.5 cm³/mol. The summed E-state index contributed by atoms with van der Waals surface area (Å²) in [6.45, 7) is 0. The zero-order valence-electron chi connectivity index (χ0n) is 13.1. The Labute approximate surface area is 143 Å². The van der Waals surface area contributed by atoms with Crippen molar-refractivity contribution in [2.24, 2.45) is 0 Å². The molecule has 0 spiro atoms. The topological polar surface area (TPSA) is 79.5 Å². The van der Waals surface area contributed by atoms with Crippen LogP contribution in [0, 0.1) is 0 Å². The molecule has 4 aromatic rings. The van der Waals surface area contributed by atoms with Gasteiger partial charge in [0, 0.05) is 24.1 Å². The smallest absolute Gasteiger partial charge is 0.258 e. The summed E-state index contributed by atoms with van der Waals surface area (Å²) in [5, 5.41) is 16.5. The number of benzene rings is 2. The molecule has 4 rings (SSSR count). The number of anilines is 1. The Morgan fingerprint density at radius 3 is 2.68 bits per heavy atom. The molecular weight excluding hydrogens is 316 g/mol. The molecule has 2 heterocycles. The van der Waals surface area contributed by atoms with Crippen molar-refractivity contribution in [3.05, 3.63) is 78.8 Å². The highest BCUT2D eigenvalue weighted by atomic mass is 16.3. The summed E-state index contributed by atoms with van der Waals surface area (Å²) < 4.78 is 1.56. The van der Waals surface area contributed by atoms with E-state index in [2.05, 4.69) is 15.4 Å². The fourth-order valence-corrected chi connectivity index (χ4v) is 2.56. The van der Waals surface area contributed by atoms with Crippen LogP contribution in [0.4, 0.5) is 5.69 Å². The number of hydrogen-bond acceptors (Lipinski definition) is 4. The average Bonchev–Trinajstić information content (AvgIpc) is 3.10. The maximum atomic E-state index is 12.4. The van der Waals surface area contributed by atoms with Crippen LogP contribution in [0.25, 0.3) is 16.8 Å². The van der Waals surface area contributed by atoms with Crippen molar-refractivity contribution in [1.82, 2.24) is 14.6 Å². The molecule has 2 aromatic carbocycles. The molecule has 0 aliphatic heterocycles. The Kier molecular flexibility index (Phi) is 3.63. The fourth-order valence-electron chi connectivity index (χ4n) is 2.56. The van der Waals surface area contributed by atoms with Gasteiger partial charge in [-0.3, -0.25) is 4.79 Å². The molecule has 25 heavy (non-hydrogen) atoms. The van der Waals surface area contributed by atoms with Gasteiger partial charge in [0.15, 0.2) is 5.65 Å². The van der Waals surface area contributed by atoms with E-state index in [0.717, 1.165) is 11.1 Å². The van der Waals surface area contributed by atoms with Crippen LogP contribution in [0.3, 0.4) is 0 Å². The Balaban J connectivity index is 1.53. The molecule has 0 atom stereocenters. The van der Waals surface area contributed by atoms with Crippen LogP contribution in [-0.2, 0) is 0 Å². The second-order valence-corrected chi connectivity index (χ2v) is 5.56. The number of aromatic nitrogens is 3.